The maximum atomic E-state index is 13.1. The molecule has 2 atom stereocenters. The zero-order valence-electron chi connectivity index (χ0n) is 14.4. The van der Waals surface area contributed by atoms with Crippen LogP contribution in [0, 0.1) is 0 Å². The molecule has 1 fully saturated rings. The van der Waals surface area contributed by atoms with Crippen LogP contribution < -0.4 is 5.32 Å². The topological polar surface area (TPSA) is 62.3 Å². The van der Waals surface area contributed by atoms with E-state index in [0.717, 1.165) is 24.0 Å². The normalized spacial score (nSPS) is 17.0. The molecule has 2 aromatic rings. The first kappa shape index (κ1) is 17.1. The minimum Gasteiger partial charge on any atom is -0.347 e. The van der Waals surface area contributed by atoms with Crippen LogP contribution in [-0.4, -0.2) is 28.2 Å². The molecule has 1 aromatic heterocycles. The lowest BCUT2D eigenvalue weighted by Crippen LogP contribution is -2.46. The van der Waals surface area contributed by atoms with Gasteiger partial charge in [-0.3, -0.25) is 14.6 Å². The molecule has 1 aromatic carbocycles. The van der Waals surface area contributed by atoms with Gasteiger partial charge in [0.15, 0.2) is 0 Å². The number of nitrogens with zero attached hydrogens (tertiary/aromatic N) is 2. The Morgan fingerprint density at radius 1 is 1.08 bits per heavy atom. The predicted molar refractivity (Wildman–Crippen MR) is 95.5 cm³/mol. The Bertz CT molecular complexity index is 718. The lowest BCUT2D eigenvalue weighted by molar-refractivity contribution is -0.143. The van der Waals surface area contributed by atoms with E-state index in [1.807, 2.05) is 49.4 Å². The first-order valence-electron chi connectivity index (χ1n) is 8.71. The van der Waals surface area contributed by atoms with Crippen molar-refractivity contribution in [3.63, 3.8) is 0 Å². The summed E-state index contributed by atoms with van der Waals surface area (Å²) in [6.07, 6.45) is 5.76. The average Bonchev–Trinajstić information content (AvgIpc) is 2.65. The van der Waals surface area contributed by atoms with Gasteiger partial charge in [0.05, 0.1) is 6.04 Å². The number of nitrogens with one attached hydrogen (secondary N) is 1. The summed E-state index contributed by atoms with van der Waals surface area (Å²) < 4.78 is 0. The molecule has 5 nitrogen and oxygen atoms in total. The third kappa shape index (κ3) is 4.05. The molecule has 5 heteroatoms. The Hall–Kier alpha value is -2.69. The summed E-state index contributed by atoms with van der Waals surface area (Å²) >= 11 is 0. The largest absolute Gasteiger partial charge is 0.347 e. The second kappa shape index (κ2) is 7.92. The van der Waals surface area contributed by atoms with Crippen molar-refractivity contribution < 1.29 is 9.59 Å². The quantitative estimate of drug-likeness (QED) is 0.912. The SMILES string of the molecule is C[C@H](NC(=O)[C@H](c1ccccc1)N1CCCCC1=O)c1ccncc1. The van der Waals surface area contributed by atoms with Crippen LogP contribution in [0.2, 0.25) is 0 Å². The van der Waals surface area contributed by atoms with Crippen molar-refractivity contribution >= 4 is 11.8 Å². The van der Waals surface area contributed by atoms with Crippen molar-refractivity contribution in [2.24, 2.45) is 0 Å². The van der Waals surface area contributed by atoms with Gasteiger partial charge in [0.25, 0.3) is 0 Å². The van der Waals surface area contributed by atoms with Gasteiger partial charge >= 0.3 is 0 Å². The van der Waals surface area contributed by atoms with Crippen LogP contribution in [0.3, 0.4) is 0 Å². The number of amides is 2. The van der Waals surface area contributed by atoms with E-state index in [2.05, 4.69) is 10.3 Å². The number of likely N-dealkylation sites (tertiary alicyclic amines) is 1. The summed E-state index contributed by atoms with van der Waals surface area (Å²) in [6.45, 7) is 2.56. The number of rotatable bonds is 5. The van der Waals surface area contributed by atoms with Gasteiger partial charge in [0, 0.05) is 25.4 Å². The van der Waals surface area contributed by atoms with Gasteiger partial charge in [-0.2, -0.15) is 0 Å². The third-order valence-electron chi connectivity index (χ3n) is 4.60. The number of hydrogen-bond acceptors (Lipinski definition) is 3. The van der Waals surface area contributed by atoms with Crippen molar-refractivity contribution in [2.45, 2.75) is 38.3 Å². The fraction of sp³-hybridized carbons (Fsp3) is 0.350. The zero-order valence-corrected chi connectivity index (χ0v) is 14.4. The molecular formula is C20H23N3O2. The summed E-state index contributed by atoms with van der Waals surface area (Å²) in [6, 6.07) is 12.6. The van der Waals surface area contributed by atoms with E-state index < -0.39 is 6.04 Å². The smallest absolute Gasteiger partial charge is 0.247 e. The maximum absolute atomic E-state index is 13.1. The van der Waals surface area contributed by atoms with Crippen LogP contribution in [0.25, 0.3) is 0 Å². The third-order valence-corrected chi connectivity index (χ3v) is 4.60. The molecule has 1 aliphatic rings. The Morgan fingerprint density at radius 2 is 1.80 bits per heavy atom. The van der Waals surface area contributed by atoms with Crippen LogP contribution in [-0.2, 0) is 9.59 Å². The van der Waals surface area contributed by atoms with Gasteiger partial charge in [-0.1, -0.05) is 30.3 Å². The molecule has 0 aliphatic carbocycles. The fourth-order valence-electron chi connectivity index (χ4n) is 3.24. The number of carbonyl (C=O) groups is 2. The second-order valence-corrected chi connectivity index (χ2v) is 6.37. The van der Waals surface area contributed by atoms with Crippen molar-refractivity contribution in [1.82, 2.24) is 15.2 Å². The van der Waals surface area contributed by atoms with Gasteiger partial charge in [0.2, 0.25) is 11.8 Å². The molecule has 0 bridgehead atoms. The van der Waals surface area contributed by atoms with Crippen molar-refractivity contribution in [1.29, 1.82) is 0 Å². The van der Waals surface area contributed by atoms with Crippen LogP contribution >= 0.6 is 0 Å². The Kier molecular flexibility index (Phi) is 5.43. The Balaban J connectivity index is 1.83. The molecule has 3 rings (SSSR count). The first-order chi connectivity index (χ1) is 12.2. The standard InChI is InChI=1S/C20H23N3O2/c1-15(16-10-12-21-13-11-16)22-20(25)19(17-7-3-2-4-8-17)23-14-6-5-9-18(23)24/h2-4,7-8,10-13,15,19H,5-6,9,14H2,1H3,(H,22,25)/t15-,19-/m0/s1. The number of piperidine rings is 1. The van der Waals surface area contributed by atoms with E-state index in [1.54, 1.807) is 17.3 Å². The molecule has 0 saturated carbocycles. The molecule has 0 spiro atoms. The number of carbonyl (C=O) groups excluding carboxylic acids is 2. The second-order valence-electron chi connectivity index (χ2n) is 6.37. The molecular weight excluding hydrogens is 314 g/mol. The summed E-state index contributed by atoms with van der Waals surface area (Å²) in [5, 5.41) is 3.05. The van der Waals surface area contributed by atoms with E-state index >= 15 is 0 Å². The lowest BCUT2D eigenvalue weighted by atomic mass is 9.99. The van der Waals surface area contributed by atoms with Gasteiger partial charge < -0.3 is 10.2 Å². The lowest BCUT2D eigenvalue weighted by Gasteiger charge is -2.34. The summed E-state index contributed by atoms with van der Waals surface area (Å²) in [5.41, 5.74) is 1.83. The summed E-state index contributed by atoms with van der Waals surface area (Å²) in [4.78, 5) is 31.2. The summed E-state index contributed by atoms with van der Waals surface area (Å²) in [5.74, 6) is -0.0995. The van der Waals surface area contributed by atoms with Crippen molar-refractivity contribution in [3.05, 3.63) is 66.0 Å². The molecule has 1 N–H and O–H groups in total. The molecule has 2 heterocycles. The number of aromatic nitrogens is 1. The van der Waals surface area contributed by atoms with Crippen molar-refractivity contribution in [3.8, 4) is 0 Å². The molecule has 2 amide bonds. The monoisotopic (exact) mass is 337 g/mol. The molecule has 1 saturated heterocycles. The van der Waals surface area contributed by atoms with E-state index in [-0.39, 0.29) is 17.9 Å². The molecule has 0 unspecified atom stereocenters. The van der Waals surface area contributed by atoms with E-state index in [4.69, 9.17) is 0 Å². The number of benzene rings is 1. The van der Waals surface area contributed by atoms with Crippen LogP contribution in [0.15, 0.2) is 54.9 Å². The van der Waals surface area contributed by atoms with Crippen molar-refractivity contribution in [2.75, 3.05) is 6.54 Å². The minimum absolute atomic E-state index is 0.0480. The van der Waals surface area contributed by atoms with E-state index in [0.29, 0.717) is 13.0 Å². The Labute approximate surface area is 148 Å². The highest BCUT2D eigenvalue weighted by Crippen LogP contribution is 2.26. The number of hydrogen-bond donors (Lipinski definition) is 1. The first-order valence-corrected chi connectivity index (χ1v) is 8.71. The Morgan fingerprint density at radius 3 is 2.48 bits per heavy atom. The highest BCUT2D eigenvalue weighted by molar-refractivity contribution is 5.89. The average molecular weight is 337 g/mol. The minimum atomic E-state index is -0.585. The molecule has 130 valence electrons. The van der Waals surface area contributed by atoms with Crippen LogP contribution in [0.5, 0.6) is 0 Å². The van der Waals surface area contributed by atoms with E-state index in [9.17, 15) is 9.59 Å². The van der Waals surface area contributed by atoms with Crippen LogP contribution in [0.1, 0.15) is 49.4 Å². The predicted octanol–water partition coefficient (Wildman–Crippen LogP) is 3.01. The van der Waals surface area contributed by atoms with Gasteiger partial charge in [-0.15, -0.1) is 0 Å². The maximum Gasteiger partial charge on any atom is 0.247 e. The summed E-state index contributed by atoms with van der Waals surface area (Å²) in [7, 11) is 0. The highest BCUT2D eigenvalue weighted by atomic mass is 16.2. The number of pyridine rings is 1. The molecule has 0 radical (unpaired) electrons. The molecule has 1 aliphatic heterocycles. The van der Waals surface area contributed by atoms with E-state index in [1.165, 1.54) is 0 Å². The molecule has 25 heavy (non-hydrogen) atoms. The highest BCUT2D eigenvalue weighted by Gasteiger charge is 2.33. The van der Waals surface area contributed by atoms with Gasteiger partial charge in [-0.05, 0) is 43.0 Å². The van der Waals surface area contributed by atoms with Crippen LogP contribution in [0.4, 0.5) is 0 Å². The van der Waals surface area contributed by atoms with Gasteiger partial charge in [-0.25, -0.2) is 0 Å². The fourth-order valence-corrected chi connectivity index (χ4v) is 3.24. The zero-order chi connectivity index (χ0) is 17.6. The van der Waals surface area contributed by atoms with Gasteiger partial charge in [0.1, 0.15) is 6.04 Å².